The summed E-state index contributed by atoms with van der Waals surface area (Å²) in [7, 11) is 1.84. The lowest BCUT2D eigenvalue weighted by atomic mass is 9.81. The highest BCUT2D eigenvalue weighted by Gasteiger charge is 2.31. The molecule has 0 saturated heterocycles. The maximum atomic E-state index is 12.4. The van der Waals surface area contributed by atoms with E-state index in [4.69, 9.17) is 4.74 Å². The molecule has 88 valence electrons. The van der Waals surface area contributed by atoms with Gasteiger partial charge >= 0.3 is 6.18 Å². The Morgan fingerprint density at radius 3 is 2.44 bits per heavy atom. The summed E-state index contributed by atoms with van der Waals surface area (Å²) in [5, 5.41) is 0. The SMILES string of the molecule is BC(C)(CC)Oc1cccc(C(F)(F)F)c1. The molecule has 5 heteroatoms. The zero-order chi connectivity index (χ0) is 12.4. The fourth-order valence-electron chi connectivity index (χ4n) is 1.13. The van der Waals surface area contributed by atoms with Crippen molar-refractivity contribution in [2.24, 2.45) is 0 Å². The molecule has 1 rings (SSSR count). The highest BCUT2D eigenvalue weighted by molar-refractivity contribution is 6.14. The van der Waals surface area contributed by atoms with Crippen molar-refractivity contribution < 1.29 is 17.9 Å². The maximum absolute atomic E-state index is 12.4. The van der Waals surface area contributed by atoms with Crippen molar-refractivity contribution in [1.82, 2.24) is 0 Å². The molecule has 0 saturated carbocycles. The van der Waals surface area contributed by atoms with Crippen LogP contribution in [-0.4, -0.2) is 13.3 Å². The van der Waals surface area contributed by atoms with Crippen molar-refractivity contribution >= 4 is 7.85 Å². The van der Waals surface area contributed by atoms with Crippen LogP contribution in [0.2, 0.25) is 0 Å². The molecule has 0 spiro atoms. The molecule has 0 radical (unpaired) electrons. The summed E-state index contributed by atoms with van der Waals surface area (Å²) in [5.74, 6) is 0.252. The minimum Gasteiger partial charge on any atom is -0.497 e. The van der Waals surface area contributed by atoms with Gasteiger partial charge in [-0.3, -0.25) is 0 Å². The van der Waals surface area contributed by atoms with Gasteiger partial charge in [-0.1, -0.05) is 13.0 Å². The van der Waals surface area contributed by atoms with Crippen molar-refractivity contribution in [2.75, 3.05) is 0 Å². The van der Waals surface area contributed by atoms with Crippen molar-refractivity contribution in [3.63, 3.8) is 0 Å². The lowest BCUT2D eigenvalue weighted by molar-refractivity contribution is -0.137. The number of ether oxygens (including phenoxy) is 1. The van der Waals surface area contributed by atoms with E-state index in [0.717, 1.165) is 18.6 Å². The van der Waals surface area contributed by atoms with Gasteiger partial charge in [0.1, 0.15) is 5.75 Å². The van der Waals surface area contributed by atoms with Gasteiger partial charge in [0.2, 0.25) is 0 Å². The second-order valence-electron chi connectivity index (χ2n) is 4.24. The molecule has 0 aromatic heterocycles. The van der Waals surface area contributed by atoms with Gasteiger partial charge in [-0.05, 0) is 31.5 Å². The minimum absolute atomic E-state index is 0.252. The van der Waals surface area contributed by atoms with Crippen molar-refractivity contribution in [3.05, 3.63) is 29.8 Å². The first-order valence-electron chi connectivity index (χ1n) is 5.11. The van der Waals surface area contributed by atoms with Crippen LogP contribution >= 0.6 is 0 Å². The Bertz CT molecular complexity index is 360. The summed E-state index contributed by atoms with van der Waals surface area (Å²) in [6.07, 6.45) is -3.60. The molecular weight excluding hydrogens is 216 g/mol. The summed E-state index contributed by atoms with van der Waals surface area (Å²) in [5.41, 5.74) is -1.14. The van der Waals surface area contributed by atoms with Gasteiger partial charge in [0, 0.05) is 0 Å². The Morgan fingerprint density at radius 2 is 1.94 bits per heavy atom. The Hall–Kier alpha value is -1.13. The van der Waals surface area contributed by atoms with Crippen LogP contribution in [0.3, 0.4) is 0 Å². The standard InChI is InChI=1S/C11H14BF3O/c1-3-10(2,12)16-9-6-4-5-8(7-9)11(13,14)15/h4-7H,3,12H2,1-2H3. The third kappa shape index (κ3) is 3.47. The quantitative estimate of drug-likeness (QED) is 0.725. The number of hydrogen-bond donors (Lipinski definition) is 0. The molecule has 0 aliphatic carbocycles. The van der Waals surface area contributed by atoms with E-state index in [9.17, 15) is 13.2 Å². The Balaban J connectivity index is 2.92. The van der Waals surface area contributed by atoms with E-state index in [0.29, 0.717) is 0 Å². The molecule has 1 unspecified atom stereocenters. The van der Waals surface area contributed by atoms with E-state index in [1.165, 1.54) is 12.1 Å². The number of rotatable bonds is 3. The zero-order valence-electron chi connectivity index (χ0n) is 9.56. The molecule has 0 fully saturated rings. The average Bonchev–Trinajstić information content (AvgIpc) is 2.16. The van der Waals surface area contributed by atoms with Gasteiger partial charge in [0.25, 0.3) is 0 Å². The van der Waals surface area contributed by atoms with Crippen LogP contribution in [0.5, 0.6) is 5.75 Å². The van der Waals surface area contributed by atoms with E-state index < -0.39 is 17.2 Å². The van der Waals surface area contributed by atoms with Gasteiger partial charge in [-0.25, -0.2) is 0 Å². The van der Waals surface area contributed by atoms with Crippen LogP contribution in [0.15, 0.2) is 24.3 Å². The first kappa shape index (κ1) is 12.9. The normalized spacial score (nSPS) is 15.6. The van der Waals surface area contributed by atoms with Crippen LogP contribution in [0, 0.1) is 0 Å². The smallest absolute Gasteiger partial charge is 0.416 e. The van der Waals surface area contributed by atoms with E-state index >= 15 is 0 Å². The number of alkyl halides is 3. The van der Waals surface area contributed by atoms with Crippen LogP contribution in [0.4, 0.5) is 13.2 Å². The van der Waals surface area contributed by atoms with E-state index in [1.807, 2.05) is 21.7 Å². The summed E-state index contributed by atoms with van der Waals surface area (Å²) in [4.78, 5) is 0. The molecule has 1 aromatic carbocycles. The fraction of sp³-hybridized carbons (Fsp3) is 0.455. The lowest BCUT2D eigenvalue weighted by Crippen LogP contribution is -2.31. The van der Waals surface area contributed by atoms with Crippen molar-refractivity contribution in [1.29, 1.82) is 0 Å². The van der Waals surface area contributed by atoms with Crippen molar-refractivity contribution in [2.45, 2.75) is 31.9 Å². The van der Waals surface area contributed by atoms with E-state index in [-0.39, 0.29) is 5.75 Å². The molecule has 0 heterocycles. The topological polar surface area (TPSA) is 9.23 Å². The predicted molar refractivity (Wildman–Crippen MR) is 59.3 cm³/mol. The molecule has 0 aliphatic rings. The zero-order valence-corrected chi connectivity index (χ0v) is 9.56. The summed E-state index contributed by atoms with van der Waals surface area (Å²) < 4.78 is 42.8. The molecule has 0 amide bonds. The Kier molecular flexibility index (Phi) is 3.56. The molecule has 0 N–H and O–H groups in total. The van der Waals surface area contributed by atoms with Crippen LogP contribution in [0.25, 0.3) is 0 Å². The molecule has 0 aliphatic heterocycles. The van der Waals surface area contributed by atoms with Gasteiger partial charge in [-0.2, -0.15) is 13.2 Å². The second-order valence-corrected chi connectivity index (χ2v) is 4.24. The fourth-order valence-corrected chi connectivity index (χ4v) is 1.13. The first-order chi connectivity index (χ1) is 7.24. The van der Waals surface area contributed by atoms with Crippen LogP contribution in [0.1, 0.15) is 25.8 Å². The highest BCUT2D eigenvalue weighted by atomic mass is 19.4. The van der Waals surface area contributed by atoms with E-state index in [2.05, 4.69) is 0 Å². The maximum Gasteiger partial charge on any atom is 0.416 e. The highest BCUT2D eigenvalue weighted by Crippen LogP contribution is 2.32. The minimum atomic E-state index is -4.32. The number of hydrogen-bond acceptors (Lipinski definition) is 1. The molecule has 16 heavy (non-hydrogen) atoms. The van der Waals surface area contributed by atoms with Gasteiger partial charge < -0.3 is 4.74 Å². The third-order valence-corrected chi connectivity index (χ3v) is 2.41. The summed E-state index contributed by atoms with van der Waals surface area (Å²) in [6, 6.07) is 4.94. The monoisotopic (exact) mass is 230 g/mol. The number of halogens is 3. The second kappa shape index (κ2) is 4.40. The average molecular weight is 230 g/mol. The molecular formula is C11H14BF3O. The summed E-state index contributed by atoms with van der Waals surface area (Å²) in [6.45, 7) is 3.76. The molecule has 1 nitrogen and oxygen atoms in total. The Labute approximate surface area is 94.0 Å². The van der Waals surface area contributed by atoms with Gasteiger partial charge in [-0.15, -0.1) is 0 Å². The van der Waals surface area contributed by atoms with Gasteiger partial charge in [0.15, 0.2) is 7.85 Å². The molecule has 1 aromatic rings. The predicted octanol–water partition coefficient (Wildman–Crippen LogP) is 2.84. The van der Waals surface area contributed by atoms with Crippen LogP contribution < -0.4 is 4.74 Å². The first-order valence-corrected chi connectivity index (χ1v) is 5.11. The molecule has 1 atom stereocenters. The van der Waals surface area contributed by atoms with E-state index in [1.54, 1.807) is 0 Å². The van der Waals surface area contributed by atoms with Crippen molar-refractivity contribution in [3.8, 4) is 5.75 Å². The third-order valence-electron chi connectivity index (χ3n) is 2.41. The summed E-state index contributed by atoms with van der Waals surface area (Å²) >= 11 is 0. The van der Waals surface area contributed by atoms with Gasteiger partial charge in [0.05, 0.1) is 11.1 Å². The number of benzene rings is 1. The Morgan fingerprint density at radius 1 is 1.31 bits per heavy atom. The molecule has 0 bridgehead atoms. The van der Waals surface area contributed by atoms with Crippen LogP contribution in [-0.2, 0) is 6.18 Å². The lowest BCUT2D eigenvalue weighted by Gasteiger charge is -2.25. The largest absolute Gasteiger partial charge is 0.497 e.